The Morgan fingerprint density at radius 3 is 1.90 bits per heavy atom. The van der Waals surface area contributed by atoms with E-state index in [1.165, 1.54) is 10.8 Å². The number of fused-ring (bicyclic) bond motifs is 4. The predicted molar refractivity (Wildman–Crippen MR) is 172 cm³/mol. The quantitative estimate of drug-likeness (QED) is 0.224. The van der Waals surface area contributed by atoms with Crippen molar-refractivity contribution in [1.29, 1.82) is 0 Å². The first-order chi connectivity index (χ1) is 20.7. The molecule has 0 unspecified atom stereocenters. The molecule has 0 aliphatic rings. The molecule has 0 saturated heterocycles. The zero-order chi connectivity index (χ0) is 28.0. The van der Waals surface area contributed by atoms with Crippen LogP contribution in [0.25, 0.3) is 72.4 Å². The lowest BCUT2D eigenvalue weighted by Crippen LogP contribution is -1.96. The van der Waals surface area contributed by atoms with Gasteiger partial charge in [0.25, 0.3) is 0 Å². The molecule has 0 saturated carbocycles. The van der Waals surface area contributed by atoms with Crippen molar-refractivity contribution < 1.29 is 0 Å². The third-order valence-corrected chi connectivity index (χ3v) is 7.97. The molecule has 0 atom stereocenters. The molecule has 0 amide bonds. The number of rotatable bonds is 4. The van der Waals surface area contributed by atoms with Gasteiger partial charge in [0.1, 0.15) is 0 Å². The Bertz CT molecular complexity index is 2250. The second kappa shape index (κ2) is 9.79. The highest BCUT2D eigenvalue weighted by molar-refractivity contribution is 6.02. The molecule has 0 aliphatic carbocycles. The SMILES string of the molecule is Cc1c(-c2cccc(-c3nc(-c4ccccc4)nc4ccccc34)c2)nn2c(-c3ccccc3)cc3ccccc3c12. The lowest BCUT2D eigenvalue weighted by atomic mass is 9.99. The van der Waals surface area contributed by atoms with E-state index in [1.807, 2.05) is 36.4 Å². The molecule has 42 heavy (non-hydrogen) atoms. The molecule has 3 aromatic heterocycles. The van der Waals surface area contributed by atoms with Crippen molar-refractivity contribution in [2.24, 2.45) is 0 Å². The van der Waals surface area contributed by atoms with E-state index >= 15 is 0 Å². The van der Waals surface area contributed by atoms with E-state index < -0.39 is 0 Å². The molecule has 0 fully saturated rings. The van der Waals surface area contributed by atoms with Gasteiger partial charge in [-0.2, -0.15) is 5.10 Å². The first-order valence-electron chi connectivity index (χ1n) is 14.1. The Labute approximate surface area is 243 Å². The Hall–Kier alpha value is -5.61. The fraction of sp³-hybridized carbons (Fsp3) is 0.0263. The molecule has 0 spiro atoms. The third kappa shape index (κ3) is 3.96. The fourth-order valence-corrected chi connectivity index (χ4v) is 5.95. The van der Waals surface area contributed by atoms with Crippen molar-refractivity contribution in [3.8, 4) is 45.2 Å². The number of pyridine rings is 1. The van der Waals surface area contributed by atoms with E-state index in [2.05, 4.69) is 115 Å². The summed E-state index contributed by atoms with van der Waals surface area (Å²) in [4.78, 5) is 10.00. The highest BCUT2D eigenvalue weighted by Gasteiger charge is 2.18. The van der Waals surface area contributed by atoms with Crippen LogP contribution in [0.2, 0.25) is 0 Å². The van der Waals surface area contributed by atoms with E-state index in [0.717, 1.165) is 67.1 Å². The van der Waals surface area contributed by atoms with Gasteiger partial charge in [-0.1, -0.05) is 121 Å². The van der Waals surface area contributed by atoms with E-state index in [4.69, 9.17) is 15.1 Å². The average Bonchev–Trinajstić information content (AvgIpc) is 3.42. The molecule has 8 rings (SSSR count). The number of hydrogen-bond donors (Lipinski definition) is 0. The second-order valence-corrected chi connectivity index (χ2v) is 10.6. The Morgan fingerprint density at radius 2 is 1.12 bits per heavy atom. The predicted octanol–water partition coefficient (Wildman–Crippen LogP) is 9.41. The van der Waals surface area contributed by atoms with Gasteiger partial charge in [0.2, 0.25) is 0 Å². The van der Waals surface area contributed by atoms with Gasteiger partial charge < -0.3 is 0 Å². The molecule has 0 radical (unpaired) electrons. The highest BCUT2D eigenvalue weighted by atomic mass is 15.2. The molecule has 8 aromatic rings. The smallest absolute Gasteiger partial charge is 0.160 e. The fourth-order valence-electron chi connectivity index (χ4n) is 5.95. The molecule has 4 heteroatoms. The van der Waals surface area contributed by atoms with E-state index in [9.17, 15) is 0 Å². The Balaban J connectivity index is 1.35. The molecule has 0 bridgehead atoms. The lowest BCUT2D eigenvalue weighted by molar-refractivity contribution is 0.979. The van der Waals surface area contributed by atoms with E-state index in [1.54, 1.807) is 0 Å². The van der Waals surface area contributed by atoms with Crippen molar-refractivity contribution in [2.45, 2.75) is 6.92 Å². The summed E-state index contributed by atoms with van der Waals surface area (Å²) in [5, 5.41) is 8.68. The monoisotopic (exact) mass is 538 g/mol. The van der Waals surface area contributed by atoms with Gasteiger partial charge in [-0.3, -0.25) is 0 Å². The molecule has 0 aliphatic heterocycles. The number of benzene rings is 5. The molecule has 4 nitrogen and oxygen atoms in total. The van der Waals surface area contributed by atoms with Crippen molar-refractivity contribution in [3.63, 3.8) is 0 Å². The first kappa shape index (κ1) is 24.2. The van der Waals surface area contributed by atoms with Crippen LogP contribution in [0, 0.1) is 6.92 Å². The Morgan fingerprint density at radius 1 is 0.500 bits per heavy atom. The summed E-state index contributed by atoms with van der Waals surface area (Å²) >= 11 is 0. The first-order valence-corrected chi connectivity index (χ1v) is 14.1. The molecular formula is C38H26N4. The van der Waals surface area contributed by atoms with Crippen LogP contribution in [-0.2, 0) is 0 Å². The average molecular weight is 539 g/mol. The minimum atomic E-state index is 0.720. The highest BCUT2D eigenvalue weighted by Crippen LogP contribution is 2.36. The maximum Gasteiger partial charge on any atom is 0.160 e. The standard InChI is InChI=1S/C38H26N4/c1-25-35(41-42-34(26-13-4-2-5-14-26)24-28-17-8-9-20-31(28)37(25)42)29-18-12-19-30(23-29)36-32-21-10-11-22-33(32)39-38(40-36)27-15-6-3-7-16-27/h2-24H,1H3. The van der Waals surface area contributed by atoms with Crippen LogP contribution in [0.4, 0.5) is 0 Å². The van der Waals surface area contributed by atoms with Crippen molar-refractivity contribution in [3.05, 3.63) is 145 Å². The summed E-state index contributed by atoms with van der Waals surface area (Å²) in [7, 11) is 0. The third-order valence-electron chi connectivity index (χ3n) is 7.97. The zero-order valence-corrected chi connectivity index (χ0v) is 23.1. The summed E-state index contributed by atoms with van der Waals surface area (Å²) in [5.41, 5.74) is 10.4. The van der Waals surface area contributed by atoms with Crippen LogP contribution in [0.3, 0.4) is 0 Å². The van der Waals surface area contributed by atoms with Crippen LogP contribution in [0.1, 0.15) is 5.56 Å². The topological polar surface area (TPSA) is 43.1 Å². The van der Waals surface area contributed by atoms with Gasteiger partial charge in [-0.05, 0) is 30.5 Å². The normalized spacial score (nSPS) is 11.5. The van der Waals surface area contributed by atoms with Crippen LogP contribution in [0.15, 0.2) is 140 Å². The van der Waals surface area contributed by atoms with Crippen LogP contribution < -0.4 is 0 Å². The molecule has 3 heterocycles. The van der Waals surface area contributed by atoms with Crippen molar-refractivity contribution >= 4 is 27.2 Å². The largest absolute Gasteiger partial charge is 0.232 e. The van der Waals surface area contributed by atoms with Crippen LogP contribution in [-0.4, -0.2) is 19.6 Å². The van der Waals surface area contributed by atoms with Gasteiger partial charge in [-0.15, -0.1) is 0 Å². The number of aryl methyl sites for hydroxylation is 1. The minimum absolute atomic E-state index is 0.720. The van der Waals surface area contributed by atoms with E-state index in [0.29, 0.717) is 0 Å². The summed E-state index contributed by atoms with van der Waals surface area (Å²) < 4.78 is 2.11. The Kier molecular flexibility index (Phi) is 5.64. The summed E-state index contributed by atoms with van der Waals surface area (Å²) in [6, 6.07) is 48.3. The van der Waals surface area contributed by atoms with Crippen LogP contribution in [0.5, 0.6) is 0 Å². The van der Waals surface area contributed by atoms with Crippen LogP contribution >= 0.6 is 0 Å². The maximum atomic E-state index is 5.26. The van der Waals surface area contributed by atoms with Crippen molar-refractivity contribution in [1.82, 2.24) is 19.6 Å². The number of hydrogen-bond acceptors (Lipinski definition) is 3. The van der Waals surface area contributed by atoms with Gasteiger partial charge in [-0.25, -0.2) is 14.5 Å². The van der Waals surface area contributed by atoms with Gasteiger partial charge in [0.15, 0.2) is 5.82 Å². The van der Waals surface area contributed by atoms with Gasteiger partial charge in [0.05, 0.1) is 28.1 Å². The summed E-state index contributed by atoms with van der Waals surface area (Å²) in [5.74, 6) is 0.720. The summed E-state index contributed by atoms with van der Waals surface area (Å²) in [6.07, 6.45) is 0. The number of para-hydroxylation sites is 1. The molecule has 5 aromatic carbocycles. The molecular weight excluding hydrogens is 512 g/mol. The van der Waals surface area contributed by atoms with E-state index in [-0.39, 0.29) is 0 Å². The molecule has 0 N–H and O–H groups in total. The lowest BCUT2D eigenvalue weighted by Gasteiger charge is -2.10. The summed E-state index contributed by atoms with van der Waals surface area (Å²) in [6.45, 7) is 2.18. The minimum Gasteiger partial charge on any atom is -0.232 e. The maximum absolute atomic E-state index is 5.26. The van der Waals surface area contributed by atoms with Crippen molar-refractivity contribution in [2.75, 3.05) is 0 Å². The number of nitrogens with zero attached hydrogens (tertiary/aromatic N) is 4. The second-order valence-electron chi connectivity index (χ2n) is 10.6. The van der Waals surface area contributed by atoms with Gasteiger partial charge in [0, 0.05) is 38.6 Å². The van der Waals surface area contributed by atoms with Gasteiger partial charge >= 0.3 is 0 Å². The molecule has 198 valence electrons. The number of aromatic nitrogens is 4. The zero-order valence-electron chi connectivity index (χ0n) is 23.1.